The highest BCUT2D eigenvalue weighted by Gasteiger charge is 2.15. The smallest absolute Gasteiger partial charge is 0.337 e. The summed E-state index contributed by atoms with van der Waals surface area (Å²) in [6, 6.07) is 7.31. The number of carbonyl (C=O) groups is 2. The molecule has 0 radical (unpaired) electrons. The van der Waals surface area contributed by atoms with Gasteiger partial charge in [-0.25, -0.2) is 4.79 Å². The normalized spacial score (nSPS) is 10.1. The van der Waals surface area contributed by atoms with Crippen LogP contribution in [0.1, 0.15) is 20.8 Å². The second kappa shape index (κ2) is 5.98. The molecule has 0 atom stereocenters. The molecule has 0 unspecified atom stereocenters. The number of nitrogens with one attached hydrogen (secondary N) is 1. The van der Waals surface area contributed by atoms with Gasteiger partial charge in [0.15, 0.2) is 10.8 Å². The number of carboxylic acid groups (broad SMARTS) is 1. The van der Waals surface area contributed by atoms with Crippen LogP contribution in [0, 0.1) is 0 Å². The van der Waals surface area contributed by atoms with Crippen LogP contribution < -0.4 is 5.32 Å². The van der Waals surface area contributed by atoms with E-state index in [1.54, 1.807) is 6.07 Å². The van der Waals surface area contributed by atoms with Crippen molar-refractivity contribution in [3.8, 4) is 0 Å². The van der Waals surface area contributed by atoms with Crippen LogP contribution in [-0.2, 0) is 0 Å². The van der Waals surface area contributed by atoms with E-state index >= 15 is 0 Å². The van der Waals surface area contributed by atoms with Crippen LogP contribution >= 0.6 is 27.5 Å². The summed E-state index contributed by atoms with van der Waals surface area (Å²) in [4.78, 5) is 23.0. The Bertz CT molecular complexity index is 676. The molecular weight excluding hydrogens is 350 g/mol. The van der Waals surface area contributed by atoms with Gasteiger partial charge in [-0.2, -0.15) is 0 Å². The van der Waals surface area contributed by atoms with Crippen LogP contribution in [0.4, 0.5) is 5.69 Å². The lowest BCUT2D eigenvalue weighted by Gasteiger charge is -2.08. The average molecular weight is 357 g/mol. The van der Waals surface area contributed by atoms with Crippen LogP contribution in [-0.4, -0.2) is 27.2 Å². The molecule has 0 aliphatic heterocycles. The molecule has 0 aliphatic carbocycles. The summed E-state index contributed by atoms with van der Waals surface area (Å²) in [6.07, 6.45) is 0. The largest absolute Gasteiger partial charge is 0.478 e. The number of rotatable bonds is 3. The Morgan fingerprint density at radius 2 is 1.95 bits per heavy atom. The second-order valence-electron chi connectivity index (χ2n) is 3.69. The van der Waals surface area contributed by atoms with E-state index in [2.05, 4.69) is 31.4 Å². The maximum Gasteiger partial charge on any atom is 0.337 e. The monoisotopic (exact) mass is 355 g/mol. The van der Waals surface area contributed by atoms with Crippen molar-refractivity contribution in [1.29, 1.82) is 0 Å². The van der Waals surface area contributed by atoms with Gasteiger partial charge in [0.2, 0.25) is 0 Å². The van der Waals surface area contributed by atoms with E-state index in [1.807, 2.05) is 0 Å². The highest BCUT2D eigenvalue weighted by Crippen LogP contribution is 2.21. The third-order valence-electron chi connectivity index (χ3n) is 2.32. The molecule has 102 valence electrons. The molecule has 1 heterocycles. The standard InChI is InChI=1S/C12H7BrClN3O3/c13-6-1-2-8(7(5-6)12(19)20)15-11(18)9-3-4-10(14)17-16-9/h1-5H,(H,15,18)(H,19,20). The zero-order valence-corrected chi connectivity index (χ0v) is 12.1. The molecule has 2 aromatic rings. The van der Waals surface area contributed by atoms with Gasteiger partial charge < -0.3 is 10.4 Å². The number of anilines is 1. The number of amides is 1. The average Bonchev–Trinajstić information content (AvgIpc) is 2.41. The van der Waals surface area contributed by atoms with Crippen molar-refractivity contribution in [1.82, 2.24) is 10.2 Å². The summed E-state index contributed by atoms with van der Waals surface area (Å²) in [7, 11) is 0. The third kappa shape index (κ3) is 3.31. The van der Waals surface area contributed by atoms with Gasteiger partial charge in [0.1, 0.15) is 0 Å². The molecular formula is C12H7BrClN3O3. The Balaban J connectivity index is 2.28. The van der Waals surface area contributed by atoms with E-state index in [1.165, 1.54) is 24.3 Å². The number of halogens is 2. The fraction of sp³-hybridized carbons (Fsp3) is 0. The summed E-state index contributed by atoms with van der Waals surface area (Å²) in [5, 5.41) is 18.9. The molecule has 0 spiro atoms. The fourth-order valence-electron chi connectivity index (χ4n) is 1.43. The number of carboxylic acids is 1. The molecule has 2 rings (SSSR count). The quantitative estimate of drug-likeness (QED) is 0.882. The lowest BCUT2D eigenvalue weighted by molar-refractivity contribution is 0.0698. The van der Waals surface area contributed by atoms with Crippen LogP contribution in [0.3, 0.4) is 0 Å². The first-order chi connectivity index (χ1) is 9.47. The van der Waals surface area contributed by atoms with Crippen molar-refractivity contribution in [2.75, 3.05) is 5.32 Å². The first-order valence-electron chi connectivity index (χ1n) is 5.31. The molecule has 6 nitrogen and oxygen atoms in total. The zero-order chi connectivity index (χ0) is 14.7. The minimum absolute atomic E-state index is 0.0327. The number of carbonyl (C=O) groups excluding carboxylic acids is 1. The Kier molecular flexibility index (Phi) is 4.31. The Morgan fingerprint density at radius 3 is 2.55 bits per heavy atom. The van der Waals surface area contributed by atoms with Crippen molar-refractivity contribution in [3.05, 3.63) is 51.2 Å². The number of hydrogen-bond acceptors (Lipinski definition) is 4. The molecule has 2 N–H and O–H groups in total. The maximum absolute atomic E-state index is 11.9. The Morgan fingerprint density at radius 1 is 1.20 bits per heavy atom. The van der Waals surface area contributed by atoms with Gasteiger partial charge >= 0.3 is 5.97 Å². The highest BCUT2D eigenvalue weighted by molar-refractivity contribution is 9.10. The number of aromatic nitrogens is 2. The van der Waals surface area contributed by atoms with Gasteiger partial charge in [-0.3, -0.25) is 4.79 Å². The van der Waals surface area contributed by atoms with Crippen LogP contribution in [0.5, 0.6) is 0 Å². The summed E-state index contributed by atoms with van der Waals surface area (Å²) in [6.45, 7) is 0. The molecule has 1 aromatic carbocycles. The number of aromatic carboxylic acids is 1. The van der Waals surface area contributed by atoms with Gasteiger partial charge in [0.05, 0.1) is 11.3 Å². The number of nitrogens with zero attached hydrogens (tertiary/aromatic N) is 2. The number of hydrogen-bond donors (Lipinski definition) is 2. The molecule has 0 fully saturated rings. The van der Waals surface area contributed by atoms with Crippen molar-refractivity contribution in [2.24, 2.45) is 0 Å². The summed E-state index contributed by atoms with van der Waals surface area (Å²) in [5.74, 6) is -1.72. The Labute approximate surface area is 126 Å². The minimum Gasteiger partial charge on any atom is -0.478 e. The van der Waals surface area contributed by atoms with Crippen LogP contribution in [0.25, 0.3) is 0 Å². The summed E-state index contributed by atoms with van der Waals surface area (Å²) in [5.41, 5.74) is 0.172. The van der Waals surface area contributed by atoms with Crippen molar-refractivity contribution >= 4 is 45.1 Å². The summed E-state index contributed by atoms with van der Waals surface area (Å²) >= 11 is 8.74. The molecule has 0 saturated carbocycles. The molecule has 8 heteroatoms. The first kappa shape index (κ1) is 14.4. The fourth-order valence-corrected chi connectivity index (χ4v) is 1.89. The Hall–Kier alpha value is -1.99. The lowest BCUT2D eigenvalue weighted by Crippen LogP contribution is -2.16. The van der Waals surface area contributed by atoms with Gasteiger partial charge in [-0.15, -0.1) is 10.2 Å². The van der Waals surface area contributed by atoms with E-state index in [-0.39, 0.29) is 22.1 Å². The summed E-state index contributed by atoms with van der Waals surface area (Å²) < 4.78 is 0.596. The lowest BCUT2D eigenvalue weighted by atomic mass is 10.1. The molecule has 1 aromatic heterocycles. The van der Waals surface area contributed by atoms with Gasteiger partial charge in [-0.05, 0) is 30.3 Å². The minimum atomic E-state index is -1.15. The third-order valence-corrected chi connectivity index (χ3v) is 3.02. The van der Waals surface area contributed by atoms with Gasteiger partial charge in [-0.1, -0.05) is 27.5 Å². The van der Waals surface area contributed by atoms with E-state index in [9.17, 15) is 9.59 Å². The van der Waals surface area contributed by atoms with Gasteiger partial charge in [0, 0.05) is 4.47 Å². The predicted octanol–water partition coefficient (Wildman–Crippen LogP) is 2.84. The molecule has 0 aliphatic rings. The molecule has 1 amide bonds. The predicted molar refractivity (Wildman–Crippen MR) is 76.1 cm³/mol. The zero-order valence-electron chi connectivity index (χ0n) is 9.80. The van der Waals surface area contributed by atoms with E-state index in [0.29, 0.717) is 4.47 Å². The van der Waals surface area contributed by atoms with E-state index < -0.39 is 11.9 Å². The molecule has 20 heavy (non-hydrogen) atoms. The van der Waals surface area contributed by atoms with Gasteiger partial charge in [0.25, 0.3) is 5.91 Å². The highest BCUT2D eigenvalue weighted by atomic mass is 79.9. The first-order valence-corrected chi connectivity index (χ1v) is 6.48. The topological polar surface area (TPSA) is 92.2 Å². The molecule has 0 bridgehead atoms. The molecule has 0 saturated heterocycles. The second-order valence-corrected chi connectivity index (χ2v) is 4.99. The van der Waals surface area contributed by atoms with Crippen molar-refractivity contribution < 1.29 is 14.7 Å². The van der Waals surface area contributed by atoms with Crippen LogP contribution in [0.15, 0.2) is 34.8 Å². The van der Waals surface area contributed by atoms with Crippen molar-refractivity contribution in [2.45, 2.75) is 0 Å². The maximum atomic E-state index is 11.9. The van der Waals surface area contributed by atoms with E-state index in [0.717, 1.165) is 0 Å². The number of benzene rings is 1. The SMILES string of the molecule is O=C(Nc1ccc(Br)cc1C(=O)O)c1ccc(Cl)nn1. The van der Waals surface area contributed by atoms with E-state index in [4.69, 9.17) is 16.7 Å². The van der Waals surface area contributed by atoms with Crippen molar-refractivity contribution in [3.63, 3.8) is 0 Å². The van der Waals surface area contributed by atoms with Crippen LogP contribution in [0.2, 0.25) is 5.15 Å².